The van der Waals surface area contributed by atoms with Gasteiger partial charge >= 0.3 is 11.9 Å². The average Bonchev–Trinajstić information content (AvgIpc) is 2.89. The van der Waals surface area contributed by atoms with Crippen LogP contribution in [0.2, 0.25) is 0 Å². The van der Waals surface area contributed by atoms with Crippen LogP contribution in [0, 0.1) is 0 Å². The number of nitrogens with two attached hydrogens (primary N) is 1. The highest BCUT2D eigenvalue weighted by molar-refractivity contribution is 5.88. The molecule has 1 fully saturated rings. The molecule has 1 aliphatic rings. The van der Waals surface area contributed by atoms with Crippen LogP contribution in [0.3, 0.4) is 0 Å². The largest absolute Gasteiger partial charge is 0.480 e. The van der Waals surface area contributed by atoms with Crippen LogP contribution in [-0.2, 0) is 19.1 Å². The first-order valence-corrected chi connectivity index (χ1v) is 8.20. The number of ether oxygens (including phenoxy) is 1. The van der Waals surface area contributed by atoms with Crippen LogP contribution in [0.1, 0.15) is 6.92 Å². The summed E-state index contributed by atoms with van der Waals surface area (Å²) in [4.78, 5) is 34.4. The van der Waals surface area contributed by atoms with Gasteiger partial charge in [-0.1, -0.05) is 0 Å². The van der Waals surface area contributed by atoms with Crippen molar-refractivity contribution in [3.63, 3.8) is 0 Å². The third-order valence-corrected chi connectivity index (χ3v) is 4.17. The van der Waals surface area contributed by atoms with Crippen molar-refractivity contribution in [3.8, 4) is 0 Å². The van der Waals surface area contributed by atoms with Gasteiger partial charge in [-0.3, -0.25) is 9.59 Å². The number of aliphatic hydroxyl groups is 5. The van der Waals surface area contributed by atoms with E-state index < -0.39 is 79.1 Å². The van der Waals surface area contributed by atoms with Gasteiger partial charge in [0, 0.05) is 6.54 Å². The van der Waals surface area contributed by atoms with Crippen molar-refractivity contribution in [2.45, 2.75) is 55.1 Å². The highest BCUT2D eigenvalue weighted by Crippen LogP contribution is 2.42. The number of aliphatic hydroxyl groups excluding tert-OH is 4. The molecule has 29 heavy (non-hydrogen) atoms. The molecule has 1 heterocycles. The maximum Gasteiger partial charge on any atom is 0.379 e. The Kier molecular flexibility index (Phi) is 7.94. The fourth-order valence-electron chi connectivity index (χ4n) is 2.40. The summed E-state index contributed by atoms with van der Waals surface area (Å²) < 4.78 is 33.3. The smallest absolute Gasteiger partial charge is 0.379 e. The van der Waals surface area contributed by atoms with E-state index in [-0.39, 0.29) is 0 Å². The monoisotopic (exact) mass is 431 g/mol. The van der Waals surface area contributed by atoms with Gasteiger partial charge < -0.3 is 51.7 Å². The molecule has 0 bridgehead atoms. The minimum atomic E-state index is -4.95. The standard InChI is InChI=1S/C14H23F2N3O10/c1-4(17)10(24)19-5(11(25)26)2-18-12(27)13(15,16)14(28)9(23)7(22)8(29-14)6(21)3-20/h4-9,20-23,28H,2-3,17H2,1H3,(H,18,27)(H,19,24)(H,25,26)/t4-,5+,6+,7?,8+,9?,14-/m1/s1. The van der Waals surface area contributed by atoms with Crippen LogP contribution >= 0.6 is 0 Å². The lowest BCUT2D eigenvalue weighted by atomic mass is 9.97. The van der Waals surface area contributed by atoms with Crippen LogP contribution in [0.15, 0.2) is 0 Å². The first-order valence-electron chi connectivity index (χ1n) is 8.20. The van der Waals surface area contributed by atoms with E-state index in [0.717, 1.165) is 0 Å². The van der Waals surface area contributed by atoms with E-state index in [0.29, 0.717) is 0 Å². The van der Waals surface area contributed by atoms with Crippen molar-refractivity contribution >= 4 is 17.8 Å². The molecule has 1 aliphatic heterocycles. The van der Waals surface area contributed by atoms with Crippen molar-refractivity contribution in [1.82, 2.24) is 10.6 Å². The van der Waals surface area contributed by atoms with Gasteiger partial charge in [0.15, 0.2) is 0 Å². The lowest BCUT2D eigenvalue weighted by molar-refractivity contribution is -0.325. The first-order chi connectivity index (χ1) is 13.2. The minimum Gasteiger partial charge on any atom is -0.480 e. The van der Waals surface area contributed by atoms with E-state index in [4.69, 9.17) is 15.9 Å². The molecule has 0 radical (unpaired) electrons. The van der Waals surface area contributed by atoms with Gasteiger partial charge in [0.25, 0.3) is 11.7 Å². The van der Waals surface area contributed by atoms with Gasteiger partial charge in [0.2, 0.25) is 5.91 Å². The summed E-state index contributed by atoms with van der Waals surface area (Å²) in [7, 11) is 0. The predicted octanol–water partition coefficient (Wildman–Crippen LogP) is -5.18. The number of hydrogen-bond acceptors (Lipinski definition) is 10. The van der Waals surface area contributed by atoms with Crippen LogP contribution < -0.4 is 16.4 Å². The lowest BCUT2D eigenvalue weighted by Gasteiger charge is -2.33. The second-order valence-corrected chi connectivity index (χ2v) is 6.44. The fraction of sp³-hybridized carbons (Fsp3) is 0.786. The number of nitrogens with one attached hydrogen (secondary N) is 2. The summed E-state index contributed by atoms with van der Waals surface area (Å²) in [6.07, 6.45) is -9.10. The summed E-state index contributed by atoms with van der Waals surface area (Å²) >= 11 is 0. The summed E-state index contributed by atoms with van der Waals surface area (Å²) in [6, 6.07) is -2.99. The number of carboxylic acids is 1. The molecule has 0 aromatic rings. The Morgan fingerprint density at radius 1 is 1.31 bits per heavy atom. The Bertz CT molecular complexity index is 637. The zero-order valence-corrected chi connectivity index (χ0v) is 15.0. The maximum atomic E-state index is 14.5. The molecule has 10 N–H and O–H groups in total. The molecule has 0 aliphatic carbocycles. The molecular formula is C14H23F2N3O10. The second-order valence-electron chi connectivity index (χ2n) is 6.44. The molecule has 2 amide bonds. The highest BCUT2D eigenvalue weighted by Gasteiger charge is 2.71. The molecular weight excluding hydrogens is 408 g/mol. The number of carboxylic acid groups (broad SMARTS) is 1. The van der Waals surface area contributed by atoms with E-state index in [2.05, 4.69) is 4.74 Å². The van der Waals surface area contributed by atoms with Crippen molar-refractivity contribution in [2.75, 3.05) is 13.2 Å². The van der Waals surface area contributed by atoms with Gasteiger partial charge in [-0.2, -0.15) is 8.78 Å². The van der Waals surface area contributed by atoms with E-state index in [9.17, 15) is 43.6 Å². The summed E-state index contributed by atoms with van der Waals surface area (Å²) in [6.45, 7) is -0.917. The molecule has 0 aromatic heterocycles. The Labute approximate surface area is 162 Å². The molecule has 2 unspecified atom stereocenters. The normalized spacial score (nSPS) is 30.3. The Morgan fingerprint density at radius 3 is 2.31 bits per heavy atom. The van der Waals surface area contributed by atoms with Gasteiger partial charge in [-0.25, -0.2) is 4.79 Å². The number of hydrogen-bond donors (Lipinski definition) is 9. The van der Waals surface area contributed by atoms with Crippen LogP contribution in [0.4, 0.5) is 8.78 Å². The van der Waals surface area contributed by atoms with Gasteiger partial charge in [-0.05, 0) is 6.92 Å². The zero-order chi connectivity index (χ0) is 22.7. The summed E-state index contributed by atoms with van der Waals surface area (Å²) in [5, 5.41) is 60.0. The number of amides is 2. The molecule has 1 rings (SSSR count). The molecule has 0 spiro atoms. The average molecular weight is 431 g/mol. The van der Waals surface area contributed by atoms with E-state index in [1.54, 1.807) is 0 Å². The number of aliphatic carboxylic acids is 1. The Hall–Kier alpha value is -2.01. The minimum absolute atomic E-state index is 0.949. The fourth-order valence-corrected chi connectivity index (χ4v) is 2.40. The van der Waals surface area contributed by atoms with E-state index in [1.807, 2.05) is 5.32 Å². The van der Waals surface area contributed by atoms with Gasteiger partial charge in [0.05, 0.1) is 12.6 Å². The SMILES string of the molecule is C[C@@H](N)C(=O)N[C@@H](CNC(=O)C(F)(F)[C@]1(O)O[C@@H]([C@@H](O)CO)C(O)C1O)C(=O)O. The zero-order valence-electron chi connectivity index (χ0n) is 15.0. The molecule has 168 valence electrons. The number of alkyl halides is 2. The van der Waals surface area contributed by atoms with Gasteiger partial charge in [-0.15, -0.1) is 0 Å². The third kappa shape index (κ3) is 4.95. The summed E-state index contributed by atoms with van der Waals surface area (Å²) in [5.74, 6) is -13.9. The van der Waals surface area contributed by atoms with E-state index >= 15 is 0 Å². The topological polar surface area (TPSA) is 232 Å². The van der Waals surface area contributed by atoms with Crippen LogP contribution in [0.25, 0.3) is 0 Å². The van der Waals surface area contributed by atoms with Gasteiger partial charge in [0.1, 0.15) is 30.5 Å². The lowest BCUT2D eigenvalue weighted by Crippen LogP contribution is -2.64. The Balaban J connectivity index is 2.94. The molecule has 0 saturated carbocycles. The quantitative estimate of drug-likeness (QED) is 0.167. The van der Waals surface area contributed by atoms with Crippen LogP contribution in [-0.4, -0.2) is 110 Å². The Morgan fingerprint density at radius 2 is 1.86 bits per heavy atom. The van der Waals surface area contributed by atoms with Crippen LogP contribution in [0.5, 0.6) is 0 Å². The second kappa shape index (κ2) is 9.21. The highest BCUT2D eigenvalue weighted by atomic mass is 19.3. The first kappa shape index (κ1) is 25.0. The third-order valence-electron chi connectivity index (χ3n) is 4.17. The maximum absolute atomic E-state index is 14.5. The van der Waals surface area contributed by atoms with Crippen molar-refractivity contribution in [3.05, 3.63) is 0 Å². The molecule has 7 atom stereocenters. The molecule has 1 saturated heterocycles. The van der Waals surface area contributed by atoms with Crippen molar-refractivity contribution < 1.29 is 58.5 Å². The van der Waals surface area contributed by atoms with Crippen molar-refractivity contribution in [1.29, 1.82) is 0 Å². The number of halogens is 2. The number of carbonyl (C=O) groups is 3. The molecule has 13 nitrogen and oxygen atoms in total. The molecule has 15 heteroatoms. The van der Waals surface area contributed by atoms with Crippen molar-refractivity contribution in [2.24, 2.45) is 5.73 Å². The molecule has 0 aromatic carbocycles. The van der Waals surface area contributed by atoms with E-state index in [1.165, 1.54) is 12.2 Å². The predicted molar refractivity (Wildman–Crippen MR) is 86.1 cm³/mol. The summed E-state index contributed by atoms with van der Waals surface area (Å²) in [5.41, 5.74) is 5.24. The number of carbonyl (C=O) groups excluding carboxylic acids is 2. The number of rotatable bonds is 9.